The average molecular weight is 380 g/mol. The third kappa shape index (κ3) is 3.37. The van der Waals surface area contributed by atoms with Crippen molar-refractivity contribution in [3.63, 3.8) is 0 Å². The minimum absolute atomic E-state index is 0.171. The van der Waals surface area contributed by atoms with E-state index in [0.717, 1.165) is 34.0 Å². The first-order chi connectivity index (χ1) is 13.0. The number of benzene rings is 2. The van der Waals surface area contributed by atoms with Crippen LogP contribution in [0.1, 0.15) is 48.9 Å². The molecule has 0 unspecified atom stereocenters. The van der Waals surface area contributed by atoms with Crippen LogP contribution in [0.2, 0.25) is 5.02 Å². The SMILES string of the molecule is CC(=O)N/N=C(/C)c1ccc2c(c1)[C@@H]1C=CC[C@@H]1[C@H](c1ccccc1Cl)N2. The zero-order chi connectivity index (χ0) is 19.0. The summed E-state index contributed by atoms with van der Waals surface area (Å²) in [6.07, 6.45) is 5.59. The first-order valence-corrected chi connectivity index (χ1v) is 9.55. The zero-order valence-corrected chi connectivity index (χ0v) is 16.1. The molecule has 4 rings (SSSR count). The molecule has 1 amide bonds. The van der Waals surface area contributed by atoms with Gasteiger partial charge in [-0.3, -0.25) is 4.79 Å². The Morgan fingerprint density at radius 3 is 2.78 bits per heavy atom. The number of carbonyl (C=O) groups excluding carboxylic acids is 1. The molecule has 0 saturated heterocycles. The second-order valence-electron chi connectivity index (χ2n) is 7.16. The number of halogens is 1. The van der Waals surface area contributed by atoms with Gasteiger partial charge in [-0.25, -0.2) is 5.43 Å². The van der Waals surface area contributed by atoms with Gasteiger partial charge in [-0.2, -0.15) is 5.10 Å². The van der Waals surface area contributed by atoms with Crippen molar-refractivity contribution in [3.8, 4) is 0 Å². The molecule has 4 nitrogen and oxygen atoms in total. The van der Waals surface area contributed by atoms with Crippen molar-refractivity contribution in [1.82, 2.24) is 5.43 Å². The highest BCUT2D eigenvalue weighted by Crippen LogP contribution is 2.50. The molecule has 2 aromatic rings. The van der Waals surface area contributed by atoms with Gasteiger partial charge in [-0.05, 0) is 54.2 Å². The molecule has 0 saturated carbocycles. The topological polar surface area (TPSA) is 53.5 Å². The number of fused-ring (bicyclic) bond motifs is 3. The molecule has 0 aromatic heterocycles. The van der Waals surface area contributed by atoms with Crippen LogP contribution in [-0.4, -0.2) is 11.6 Å². The van der Waals surface area contributed by atoms with Crippen molar-refractivity contribution in [3.05, 3.63) is 76.3 Å². The van der Waals surface area contributed by atoms with Gasteiger partial charge in [0.1, 0.15) is 0 Å². The van der Waals surface area contributed by atoms with E-state index in [9.17, 15) is 4.79 Å². The first-order valence-electron chi connectivity index (χ1n) is 9.17. The lowest BCUT2D eigenvalue weighted by Gasteiger charge is -2.38. The molecule has 0 bridgehead atoms. The Hall–Kier alpha value is -2.59. The molecule has 27 heavy (non-hydrogen) atoms. The smallest absolute Gasteiger partial charge is 0.236 e. The first kappa shape index (κ1) is 17.8. The van der Waals surface area contributed by atoms with Gasteiger partial charge in [-0.1, -0.05) is 48.0 Å². The normalized spacial score (nSPS) is 23.4. The fraction of sp³-hybridized carbons (Fsp3) is 0.273. The van der Waals surface area contributed by atoms with Crippen LogP contribution in [0.4, 0.5) is 5.69 Å². The molecule has 2 N–H and O–H groups in total. The predicted molar refractivity (Wildman–Crippen MR) is 110 cm³/mol. The third-order valence-corrected chi connectivity index (χ3v) is 5.75. The fourth-order valence-corrected chi connectivity index (χ4v) is 4.34. The Bertz CT molecular complexity index is 950. The molecule has 1 aliphatic carbocycles. The molecular formula is C22H22ClN3O. The Morgan fingerprint density at radius 2 is 2.00 bits per heavy atom. The van der Waals surface area contributed by atoms with Gasteiger partial charge in [-0.15, -0.1) is 0 Å². The van der Waals surface area contributed by atoms with Crippen molar-refractivity contribution < 1.29 is 4.79 Å². The largest absolute Gasteiger partial charge is 0.378 e. The quantitative estimate of drug-likeness (QED) is 0.446. The fourth-order valence-electron chi connectivity index (χ4n) is 4.08. The number of amides is 1. The molecule has 138 valence electrons. The average Bonchev–Trinajstić information content (AvgIpc) is 3.16. The molecule has 1 aliphatic heterocycles. The Balaban J connectivity index is 1.71. The summed E-state index contributed by atoms with van der Waals surface area (Å²) in [5.74, 6) is 0.603. The standard InChI is InChI=1S/C22H22ClN3O/c1-13(25-26-14(2)27)15-10-11-21-19(12-15)16-7-5-8-17(16)22(24-21)18-6-3-4-9-20(18)23/h3-7,9-12,16-17,22,24H,8H2,1-2H3,(H,26,27)/b25-13-/t16-,17+,22-/m1/s1. The van der Waals surface area contributed by atoms with Crippen LogP contribution in [0.15, 0.2) is 59.7 Å². The summed E-state index contributed by atoms with van der Waals surface area (Å²) in [5.41, 5.74) is 7.86. The van der Waals surface area contributed by atoms with E-state index in [2.05, 4.69) is 46.2 Å². The van der Waals surface area contributed by atoms with Crippen LogP contribution in [0.3, 0.4) is 0 Å². The van der Waals surface area contributed by atoms with Gasteiger partial charge >= 0.3 is 0 Å². The summed E-state index contributed by atoms with van der Waals surface area (Å²) < 4.78 is 0. The maximum Gasteiger partial charge on any atom is 0.236 e. The second-order valence-corrected chi connectivity index (χ2v) is 7.57. The van der Waals surface area contributed by atoms with Gasteiger partial charge in [0, 0.05) is 23.6 Å². The summed E-state index contributed by atoms with van der Waals surface area (Å²) in [7, 11) is 0. The molecule has 2 aliphatic rings. The van der Waals surface area contributed by atoms with Crippen molar-refractivity contribution >= 4 is 28.9 Å². The lowest BCUT2D eigenvalue weighted by atomic mass is 9.76. The third-order valence-electron chi connectivity index (χ3n) is 5.40. The highest BCUT2D eigenvalue weighted by Gasteiger charge is 2.38. The van der Waals surface area contributed by atoms with Crippen LogP contribution in [-0.2, 0) is 4.79 Å². The van der Waals surface area contributed by atoms with Crippen LogP contribution in [0.25, 0.3) is 0 Å². The number of hydrogen-bond donors (Lipinski definition) is 2. The Morgan fingerprint density at radius 1 is 1.19 bits per heavy atom. The van der Waals surface area contributed by atoms with E-state index >= 15 is 0 Å². The van der Waals surface area contributed by atoms with Crippen molar-refractivity contribution in [1.29, 1.82) is 0 Å². The van der Waals surface area contributed by atoms with E-state index in [-0.39, 0.29) is 11.9 Å². The summed E-state index contributed by atoms with van der Waals surface area (Å²) in [5, 5.41) is 8.68. The lowest BCUT2D eigenvalue weighted by molar-refractivity contribution is -0.118. The van der Waals surface area contributed by atoms with Gasteiger partial charge in [0.25, 0.3) is 0 Å². The van der Waals surface area contributed by atoms with E-state index in [1.54, 1.807) is 0 Å². The Kier molecular flexibility index (Phi) is 4.75. The minimum Gasteiger partial charge on any atom is -0.378 e. The maximum absolute atomic E-state index is 11.1. The molecule has 0 fully saturated rings. The van der Waals surface area contributed by atoms with E-state index in [0.29, 0.717) is 11.8 Å². The van der Waals surface area contributed by atoms with Crippen LogP contribution in [0, 0.1) is 5.92 Å². The second kappa shape index (κ2) is 7.20. The number of carbonyl (C=O) groups is 1. The van der Waals surface area contributed by atoms with Crippen LogP contribution in [0.5, 0.6) is 0 Å². The highest BCUT2D eigenvalue weighted by atomic mass is 35.5. The lowest BCUT2D eigenvalue weighted by Crippen LogP contribution is -2.29. The molecular weight excluding hydrogens is 358 g/mol. The van der Waals surface area contributed by atoms with E-state index < -0.39 is 0 Å². The molecule has 0 radical (unpaired) electrons. The predicted octanol–water partition coefficient (Wildman–Crippen LogP) is 5.03. The number of hydrazone groups is 1. The van der Waals surface area contributed by atoms with E-state index in [1.807, 2.05) is 31.2 Å². The zero-order valence-electron chi connectivity index (χ0n) is 15.4. The number of nitrogens with zero attached hydrogens (tertiary/aromatic N) is 1. The number of nitrogens with one attached hydrogen (secondary N) is 2. The summed E-state index contributed by atoms with van der Waals surface area (Å²) >= 11 is 6.49. The summed E-state index contributed by atoms with van der Waals surface area (Å²) in [4.78, 5) is 11.1. The molecule has 5 heteroatoms. The van der Waals surface area contributed by atoms with Gasteiger partial charge in [0.05, 0.1) is 11.8 Å². The number of hydrogen-bond acceptors (Lipinski definition) is 3. The van der Waals surface area contributed by atoms with Gasteiger partial charge in [0.15, 0.2) is 0 Å². The van der Waals surface area contributed by atoms with Crippen LogP contribution >= 0.6 is 11.6 Å². The minimum atomic E-state index is -0.171. The molecule has 0 spiro atoms. The molecule has 3 atom stereocenters. The maximum atomic E-state index is 11.1. The number of allylic oxidation sites excluding steroid dienone is 2. The Labute approximate surface area is 164 Å². The van der Waals surface area contributed by atoms with Crippen molar-refractivity contribution in [2.75, 3.05) is 5.32 Å². The van der Waals surface area contributed by atoms with Crippen molar-refractivity contribution in [2.24, 2.45) is 11.0 Å². The van der Waals surface area contributed by atoms with Gasteiger partial charge < -0.3 is 5.32 Å². The van der Waals surface area contributed by atoms with Crippen molar-refractivity contribution in [2.45, 2.75) is 32.2 Å². The summed E-state index contributed by atoms with van der Waals surface area (Å²) in [6.45, 7) is 3.36. The van der Waals surface area contributed by atoms with Gasteiger partial charge in [0.2, 0.25) is 5.91 Å². The van der Waals surface area contributed by atoms with Crippen LogP contribution < -0.4 is 10.7 Å². The van der Waals surface area contributed by atoms with E-state index in [1.165, 1.54) is 12.5 Å². The monoisotopic (exact) mass is 379 g/mol. The van der Waals surface area contributed by atoms with E-state index in [4.69, 9.17) is 11.6 Å². The highest BCUT2D eigenvalue weighted by molar-refractivity contribution is 6.31. The molecule has 2 aromatic carbocycles. The number of anilines is 1. The number of rotatable bonds is 3. The molecule has 1 heterocycles. The summed E-state index contributed by atoms with van der Waals surface area (Å²) in [6, 6.07) is 14.6.